The van der Waals surface area contributed by atoms with Crippen LogP contribution in [0, 0.1) is 0 Å². The predicted octanol–water partition coefficient (Wildman–Crippen LogP) is 3.98. The van der Waals surface area contributed by atoms with E-state index in [9.17, 15) is 4.79 Å². The van der Waals surface area contributed by atoms with Crippen molar-refractivity contribution < 1.29 is 9.21 Å². The lowest BCUT2D eigenvalue weighted by Gasteiger charge is -2.32. The number of benzene rings is 1. The molecule has 2 aromatic rings. The highest BCUT2D eigenvalue weighted by atomic mass is 35.5. The SMILES string of the molecule is O=C(NC1CCN(Cc2ccc(Cl)c(Cl)c2)CC1)c1ccoc1. The number of amides is 1. The van der Waals surface area contributed by atoms with Gasteiger partial charge in [0.25, 0.3) is 5.91 Å². The molecule has 0 saturated carbocycles. The average Bonchev–Trinajstić information content (AvgIpc) is 3.07. The summed E-state index contributed by atoms with van der Waals surface area (Å²) >= 11 is 12.0. The van der Waals surface area contributed by atoms with E-state index in [-0.39, 0.29) is 11.9 Å². The van der Waals surface area contributed by atoms with Gasteiger partial charge in [0.2, 0.25) is 0 Å². The maximum atomic E-state index is 12.0. The van der Waals surface area contributed by atoms with Gasteiger partial charge in [0.1, 0.15) is 6.26 Å². The molecule has 122 valence electrons. The van der Waals surface area contributed by atoms with E-state index in [0.29, 0.717) is 15.6 Å². The van der Waals surface area contributed by atoms with E-state index in [0.717, 1.165) is 38.0 Å². The van der Waals surface area contributed by atoms with Crippen LogP contribution in [-0.2, 0) is 6.54 Å². The Balaban J connectivity index is 1.48. The Morgan fingerprint density at radius 2 is 2.00 bits per heavy atom. The van der Waals surface area contributed by atoms with Crippen LogP contribution < -0.4 is 5.32 Å². The van der Waals surface area contributed by atoms with Gasteiger partial charge in [-0.2, -0.15) is 0 Å². The summed E-state index contributed by atoms with van der Waals surface area (Å²) in [7, 11) is 0. The van der Waals surface area contributed by atoms with Gasteiger partial charge in [0, 0.05) is 25.7 Å². The number of likely N-dealkylation sites (tertiary alicyclic amines) is 1. The van der Waals surface area contributed by atoms with Crippen LogP contribution in [0.25, 0.3) is 0 Å². The lowest BCUT2D eigenvalue weighted by atomic mass is 10.0. The lowest BCUT2D eigenvalue weighted by molar-refractivity contribution is 0.0908. The van der Waals surface area contributed by atoms with E-state index in [1.165, 1.54) is 12.5 Å². The average molecular weight is 353 g/mol. The Morgan fingerprint density at radius 3 is 2.65 bits per heavy atom. The summed E-state index contributed by atoms with van der Waals surface area (Å²) in [5.74, 6) is -0.0679. The zero-order chi connectivity index (χ0) is 16.2. The molecule has 1 fully saturated rings. The molecular weight excluding hydrogens is 335 g/mol. The van der Waals surface area contributed by atoms with Crippen LogP contribution in [0.2, 0.25) is 10.0 Å². The highest BCUT2D eigenvalue weighted by Crippen LogP contribution is 2.24. The first-order valence-electron chi connectivity index (χ1n) is 7.61. The van der Waals surface area contributed by atoms with Crippen molar-refractivity contribution in [3.05, 3.63) is 58.0 Å². The van der Waals surface area contributed by atoms with Crippen LogP contribution >= 0.6 is 23.2 Å². The topological polar surface area (TPSA) is 45.5 Å². The molecular formula is C17H18Cl2N2O2. The molecule has 23 heavy (non-hydrogen) atoms. The summed E-state index contributed by atoms with van der Waals surface area (Å²) < 4.78 is 4.94. The van der Waals surface area contributed by atoms with Crippen LogP contribution in [-0.4, -0.2) is 29.9 Å². The van der Waals surface area contributed by atoms with Crippen LogP contribution in [0.15, 0.2) is 41.2 Å². The van der Waals surface area contributed by atoms with Crippen LogP contribution in [0.1, 0.15) is 28.8 Å². The molecule has 1 aliphatic heterocycles. The molecule has 0 unspecified atom stereocenters. The number of halogens is 2. The number of nitrogens with one attached hydrogen (secondary N) is 1. The number of hydrogen-bond donors (Lipinski definition) is 1. The fraction of sp³-hybridized carbons (Fsp3) is 0.353. The molecule has 6 heteroatoms. The standard InChI is InChI=1S/C17H18Cl2N2O2/c18-15-2-1-12(9-16(15)19)10-21-6-3-14(4-7-21)20-17(22)13-5-8-23-11-13/h1-2,5,8-9,11,14H,3-4,6-7,10H2,(H,20,22). The van der Waals surface area contributed by atoms with Crippen molar-refractivity contribution in [2.24, 2.45) is 0 Å². The molecule has 1 saturated heterocycles. The molecule has 0 bridgehead atoms. The van der Waals surface area contributed by atoms with Crippen molar-refractivity contribution in [2.75, 3.05) is 13.1 Å². The Bertz CT molecular complexity index is 665. The minimum Gasteiger partial charge on any atom is -0.472 e. The zero-order valence-corrected chi connectivity index (χ0v) is 14.1. The fourth-order valence-electron chi connectivity index (χ4n) is 2.79. The zero-order valence-electron chi connectivity index (χ0n) is 12.6. The van der Waals surface area contributed by atoms with Crippen LogP contribution in [0.3, 0.4) is 0 Å². The van der Waals surface area contributed by atoms with E-state index < -0.39 is 0 Å². The van der Waals surface area contributed by atoms with E-state index in [1.54, 1.807) is 6.07 Å². The quantitative estimate of drug-likeness (QED) is 0.904. The van der Waals surface area contributed by atoms with Gasteiger partial charge < -0.3 is 9.73 Å². The Labute approximate surface area is 145 Å². The summed E-state index contributed by atoms with van der Waals surface area (Å²) in [5, 5.41) is 4.23. The third-order valence-corrected chi connectivity index (χ3v) is 4.84. The van der Waals surface area contributed by atoms with Crippen LogP contribution in [0.4, 0.5) is 0 Å². The summed E-state index contributed by atoms with van der Waals surface area (Å²) in [6.07, 6.45) is 4.85. The molecule has 1 aromatic carbocycles. The Kier molecular flexibility index (Phi) is 5.26. The second-order valence-corrected chi connectivity index (χ2v) is 6.60. The summed E-state index contributed by atoms with van der Waals surface area (Å²) in [5.41, 5.74) is 1.73. The van der Waals surface area contributed by atoms with E-state index in [1.807, 2.05) is 18.2 Å². The third-order valence-electron chi connectivity index (χ3n) is 4.10. The first-order chi connectivity index (χ1) is 11.1. The highest BCUT2D eigenvalue weighted by Gasteiger charge is 2.21. The van der Waals surface area contributed by atoms with Crippen molar-refractivity contribution in [3.63, 3.8) is 0 Å². The molecule has 3 rings (SSSR count). The number of furan rings is 1. The molecule has 4 nitrogen and oxygen atoms in total. The number of hydrogen-bond acceptors (Lipinski definition) is 3. The summed E-state index contributed by atoms with van der Waals surface area (Å²) in [6, 6.07) is 7.63. The predicted molar refractivity (Wildman–Crippen MR) is 90.9 cm³/mol. The Morgan fingerprint density at radius 1 is 1.22 bits per heavy atom. The van der Waals surface area contributed by atoms with Crippen molar-refractivity contribution in [1.29, 1.82) is 0 Å². The first-order valence-corrected chi connectivity index (χ1v) is 8.37. The number of nitrogens with zero attached hydrogens (tertiary/aromatic N) is 1. The maximum Gasteiger partial charge on any atom is 0.254 e. The van der Waals surface area contributed by atoms with E-state index >= 15 is 0 Å². The van der Waals surface area contributed by atoms with Gasteiger partial charge in [0.15, 0.2) is 0 Å². The van der Waals surface area contributed by atoms with Crippen molar-refractivity contribution >= 4 is 29.1 Å². The van der Waals surface area contributed by atoms with Crippen LogP contribution in [0.5, 0.6) is 0 Å². The third kappa shape index (κ3) is 4.28. The summed E-state index contributed by atoms with van der Waals surface area (Å²) in [6.45, 7) is 2.73. The van der Waals surface area contributed by atoms with Gasteiger partial charge in [-0.15, -0.1) is 0 Å². The molecule has 0 radical (unpaired) electrons. The monoisotopic (exact) mass is 352 g/mol. The summed E-state index contributed by atoms with van der Waals surface area (Å²) in [4.78, 5) is 14.4. The normalized spacial score (nSPS) is 16.4. The van der Waals surface area contributed by atoms with Gasteiger partial charge in [-0.25, -0.2) is 0 Å². The second kappa shape index (κ2) is 7.39. The fourth-order valence-corrected chi connectivity index (χ4v) is 3.11. The molecule has 1 aliphatic rings. The number of carbonyl (C=O) groups is 1. The maximum absolute atomic E-state index is 12.0. The van der Waals surface area contributed by atoms with Crippen molar-refractivity contribution in [1.82, 2.24) is 10.2 Å². The van der Waals surface area contributed by atoms with Gasteiger partial charge in [-0.3, -0.25) is 9.69 Å². The first kappa shape index (κ1) is 16.4. The Hall–Kier alpha value is -1.49. The smallest absolute Gasteiger partial charge is 0.254 e. The molecule has 0 atom stereocenters. The van der Waals surface area contributed by atoms with Gasteiger partial charge in [0.05, 0.1) is 21.9 Å². The molecule has 1 amide bonds. The van der Waals surface area contributed by atoms with Gasteiger partial charge >= 0.3 is 0 Å². The molecule has 1 aromatic heterocycles. The largest absolute Gasteiger partial charge is 0.472 e. The minimum absolute atomic E-state index is 0.0679. The lowest BCUT2D eigenvalue weighted by Crippen LogP contribution is -2.44. The highest BCUT2D eigenvalue weighted by molar-refractivity contribution is 6.42. The van der Waals surface area contributed by atoms with E-state index in [4.69, 9.17) is 27.6 Å². The number of piperidine rings is 1. The number of rotatable bonds is 4. The second-order valence-electron chi connectivity index (χ2n) is 5.78. The van der Waals surface area contributed by atoms with Crippen molar-refractivity contribution in [2.45, 2.75) is 25.4 Å². The molecule has 1 N–H and O–H groups in total. The molecule has 0 aliphatic carbocycles. The molecule has 2 heterocycles. The van der Waals surface area contributed by atoms with Gasteiger partial charge in [-0.05, 0) is 36.6 Å². The minimum atomic E-state index is -0.0679. The van der Waals surface area contributed by atoms with Gasteiger partial charge in [-0.1, -0.05) is 29.3 Å². The van der Waals surface area contributed by atoms with Crippen molar-refractivity contribution in [3.8, 4) is 0 Å². The molecule has 0 spiro atoms. The number of carbonyl (C=O) groups excluding carboxylic acids is 1. The van der Waals surface area contributed by atoms with E-state index in [2.05, 4.69) is 10.2 Å².